The van der Waals surface area contributed by atoms with Gasteiger partial charge in [0.2, 0.25) is 5.91 Å². The van der Waals surface area contributed by atoms with Crippen molar-refractivity contribution in [2.45, 2.75) is 18.6 Å². The van der Waals surface area contributed by atoms with Gasteiger partial charge in [-0.3, -0.25) is 14.2 Å². The molecule has 0 atom stereocenters. The second kappa shape index (κ2) is 8.89. The van der Waals surface area contributed by atoms with Crippen LogP contribution in [-0.4, -0.2) is 21.2 Å². The Kier molecular flexibility index (Phi) is 6.24. The highest BCUT2D eigenvalue weighted by Crippen LogP contribution is 2.34. The fourth-order valence-electron chi connectivity index (χ4n) is 2.92. The van der Waals surface area contributed by atoms with E-state index in [4.69, 9.17) is 11.6 Å². The molecule has 0 aliphatic carbocycles. The van der Waals surface area contributed by atoms with Gasteiger partial charge in [-0.25, -0.2) is 9.37 Å². The number of fused-ring (bicyclic) bond motifs is 1. The van der Waals surface area contributed by atoms with Crippen molar-refractivity contribution in [3.63, 3.8) is 0 Å². The van der Waals surface area contributed by atoms with Gasteiger partial charge in [-0.05, 0) is 36.6 Å². The van der Waals surface area contributed by atoms with E-state index in [-0.39, 0.29) is 22.2 Å². The maximum atomic E-state index is 13.2. The summed E-state index contributed by atoms with van der Waals surface area (Å²) in [6.07, 6.45) is 0. The maximum Gasteiger partial charge on any atom is 0.263 e. The molecule has 0 aliphatic rings. The van der Waals surface area contributed by atoms with Crippen LogP contribution in [0, 0.1) is 5.82 Å². The molecule has 0 saturated heterocycles. The van der Waals surface area contributed by atoms with E-state index in [1.54, 1.807) is 15.9 Å². The number of amides is 1. The normalized spacial score (nSPS) is 11.2. The van der Waals surface area contributed by atoms with Gasteiger partial charge in [0.25, 0.3) is 5.56 Å². The van der Waals surface area contributed by atoms with Crippen LogP contribution in [0.5, 0.6) is 0 Å². The fourth-order valence-corrected chi connectivity index (χ4v) is 5.80. The minimum atomic E-state index is -0.477. The van der Waals surface area contributed by atoms with Crippen LogP contribution in [0.2, 0.25) is 5.02 Å². The van der Waals surface area contributed by atoms with E-state index in [2.05, 4.69) is 10.3 Å². The lowest BCUT2D eigenvalue weighted by Crippen LogP contribution is -2.23. The highest BCUT2D eigenvalue weighted by atomic mass is 35.5. The lowest BCUT2D eigenvalue weighted by molar-refractivity contribution is -0.113. The summed E-state index contributed by atoms with van der Waals surface area (Å²) in [5.41, 5.74) is 1.11. The molecule has 0 aliphatic heterocycles. The van der Waals surface area contributed by atoms with Crippen molar-refractivity contribution in [2.24, 2.45) is 0 Å². The van der Waals surface area contributed by atoms with Crippen molar-refractivity contribution in [3.05, 3.63) is 62.3 Å². The fraction of sp³-hybridized carbons (Fsp3) is 0.150. The van der Waals surface area contributed by atoms with Crippen molar-refractivity contribution in [1.29, 1.82) is 0 Å². The number of aromatic nitrogens is 2. The highest BCUT2D eigenvalue weighted by Gasteiger charge is 2.18. The van der Waals surface area contributed by atoms with Crippen LogP contribution < -0.4 is 10.9 Å². The molecule has 1 aromatic carbocycles. The van der Waals surface area contributed by atoms with Crippen LogP contribution in [0.15, 0.2) is 51.0 Å². The summed E-state index contributed by atoms with van der Waals surface area (Å²) in [6.45, 7) is 2.31. The number of rotatable bonds is 6. The smallest absolute Gasteiger partial charge is 0.263 e. The molecule has 154 valence electrons. The standard InChI is InChI=1S/C20H15ClFN3O2S3/c1-2-25-19(27)17-12(15-4-3-7-28-15)9-29-18(17)24-20(25)30-10-16(26)23-14-6-5-11(22)8-13(14)21/h3-9H,2,10H2,1H3,(H,23,26). The van der Waals surface area contributed by atoms with Crippen molar-refractivity contribution >= 4 is 67.8 Å². The van der Waals surface area contributed by atoms with E-state index in [9.17, 15) is 14.0 Å². The van der Waals surface area contributed by atoms with Gasteiger partial charge in [0.1, 0.15) is 10.6 Å². The van der Waals surface area contributed by atoms with Gasteiger partial charge >= 0.3 is 0 Å². The molecule has 0 fully saturated rings. The first kappa shape index (κ1) is 21.0. The summed E-state index contributed by atoms with van der Waals surface area (Å²) >= 11 is 10.1. The van der Waals surface area contributed by atoms with Crippen molar-refractivity contribution in [3.8, 4) is 10.4 Å². The van der Waals surface area contributed by atoms with E-state index in [0.717, 1.165) is 16.5 Å². The third-order valence-corrected chi connectivity index (χ3v) is 7.36. The molecule has 0 spiro atoms. The topological polar surface area (TPSA) is 64.0 Å². The monoisotopic (exact) mass is 479 g/mol. The van der Waals surface area contributed by atoms with E-state index < -0.39 is 5.82 Å². The first-order chi connectivity index (χ1) is 14.5. The SMILES string of the molecule is CCn1c(SCC(=O)Nc2ccc(F)cc2Cl)nc2scc(-c3cccs3)c2c1=O. The van der Waals surface area contributed by atoms with E-state index in [1.807, 2.05) is 29.8 Å². The zero-order valence-corrected chi connectivity index (χ0v) is 18.9. The summed E-state index contributed by atoms with van der Waals surface area (Å²) in [5, 5.41) is 7.78. The van der Waals surface area contributed by atoms with E-state index >= 15 is 0 Å². The number of anilines is 1. The molecule has 0 radical (unpaired) electrons. The molecule has 3 heterocycles. The number of benzene rings is 1. The number of thiophene rings is 2. The second-order valence-electron chi connectivity index (χ2n) is 6.21. The van der Waals surface area contributed by atoms with Crippen LogP contribution in [-0.2, 0) is 11.3 Å². The number of carbonyl (C=O) groups is 1. The van der Waals surface area contributed by atoms with Crippen LogP contribution in [0.25, 0.3) is 20.7 Å². The molecule has 1 amide bonds. The Bertz CT molecular complexity index is 1280. The molecule has 4 rings (SSSR count). The summed E-state index contributed by atoms with van der Waals surface area (Å²) in [6, 6.07) is 7.70. The molecule has 5 nitrogen and oxygen atoms in total. The Hall–Kier alpha value is -2.20. The predicted octanol–water partition coefficient (Wildman–Crippen LogP) is 5.73. The van der Waals surface area contributed by atoms with Gasteiger partial charge in [-0.2, -0.15) is 0 Å². The molecule has 0 unspecified atom stereocenters. The predicted molar refractivity (Wildman–Crippen MR) is 124 cm³/mol. The Balaban J connectivity index is 1.58. The summed E-state index contributed by atoms with van der Waals surface area (Å²) < 4.78 is 14.7. The minimum Gasteiger partial charge on any atom is -0.324 e. The number of thioether (sulfide) groups is 1. The number of nitrogens with one attached hydrogen (secondary N) is 1. The Morgan fingerprint density at radius 3 is 2.87 bits per heavy atom. The average Bonchev–Trinajstić information content (AvgIpc) is 3.38. The Morgan fingerprint density at radius 1 is 1.33 bits per heavy atom. The van der Waals surface area contributed by atoms with Crippen LogP contribution >= 0.6 is 46.0 Å². The van der Waals surface area contributed by atoms with Gasteiger partial charge in [0, 0.05) is 22.4 Å². The number of nitrogens with zero attached hydrogens (tertiary/aromatic N) is 2. The van der Waals surface area contributed by atoms with Crippen molar-refractivity contribution < 1.29 is 9.18 Å². The van der Waals surface area contributed by atoms with Gasteiger partial charge in [-0.1, -0.05) is 29.4 Å². The average molecular weight is 480 g/mol. The van der Waals surface area contributed by atoms with Crippen LogP contribution in [0.3, 0.4) is 0 Å². The van der Waals surface area contributed by atoms with Gasteiger partial charge in [0.15, 0.2) is 5.16 Å². The first-order valence-electron chi connectivity index (χ1n) is 8.91. The van der Waals surface area contributed by atoms with Crippen LogP contribution in [0.4, 0.5) is 10.1 Å². The summed E-state index contributed by atoms with van der Waals surface area (Å²) in [4.78, 5) is 31.8. The zero-order valence-electron chi connectivity index (χ0n) is 15.6. The molecule has 3 aromatic heterocycles. The summed E-state index contributed by atoms with van der Waals surface area (Å²) in [7, 11) is 0. The molecular formula is C20H15ClFN3O2S3. The van der Waals surface area contributed by atoms with E-state index in [1.165, 1.54) is 35.2 Å². The summed E-state index contributed by atoms with van der Waals surface area (Å²) in [5.74, 6) is -0.764. The Labute approximate surface area is 188 Å². The van der Waals surface area contributed by atoms with E-state index in [0.29, 0.717) is 27.6 Å². The molecule has 30 heavy (non-hydrogen) atoms. The molecule has 10 heteroatoms. The first-order valence-corrected chi connectivity index (χ1v) is 12.0. The van der Waals surface area contributed by atoms with Crippen molar-refractivity contribution in [1.82, 2.24) is 9.55 Å². The number of hydrogen-bond acceptors (Lipinski definition) is 6. The maximum absolute atomic E-state index is 13.2. The highest BCUT2D eigenvalue weighted by molar-refractivity contribution is 7.99. The minimum absolute atomic E-state index is 0.0365. The number of carbonyl (C=O) groups excluding carboxylic acids is 1. The third kappa shape index (κ3) is 4.15. The largest absolute Gasteiger partial charge is 0.324 e. The third-order valence-electron chi connectivity index (χ3n) is 4.30. The molecule has 1 N–H and O–H groups in total. The van der Waals surface area contributed by atoms with Crippen LogP contribution in [0.1, 0.15) is 6.92 Å². The van der Waals surface area contributed by atoms with Gasteiger partial charge < -0.3 is 5.32 Å². The zero-order chi connectivity index (χ0) is 21.3. The number of hydrogen-bond donors (Lipinski definition) is 1. The molecule has 0 bridgehead atoms. The molecular weight excluding hydrogens is 465 g/mol. The van der Waals surface area contributed by atoms with Crippen molar-refractivity contribution in [2.75, 3.05) is 11.1 Å². The van der Waals surface area contributed by atoms with Gasteiger partial charge in [-0.15, -0.1) is 22.7 Å². The number of halogens is 2. The van der Waals surface area contributed by atoms with Gasteiger partial charge in [0.05, 0.1) is 21.8 Å². The Morgan fingerprint density at radius 2 is 2.17 bits per heavy atom. The molecule has 0 saturated carbocycles. The quantitative estimate of drug-likeness (QED) is 0.283. The molecule has 4 aromatic rings. The lowest BCUT2D eigenvalue weighted by Gasteiger charge is -2.11. The second-order valence-corrected chi connectivity index (χ2v) is 9.37. The lowest BCUT2D eigenvalue weighted by atomic mass is 10.2.